The summed E-state index contributed by atoms with van der Waals surface area (Å²) in [6.45, 7) is 5.00. The molecule has 0 bridgehead atoms. The van der Waals surface area contributed by atoms with Crippen LogP contribution in [0.5, 0.6) is 0 Å². The van der Waals surface area contributed by atoms with Gasteiger partial charge in [-0.3, -0.25) is 4.79 Å². The third-order valence-electron chi connectivity index (χ3n) is 3.11. The van der Waals surface area contributed by atoms with Gasteiger partial charge in [0, 0.05) is 19.1 Å². The summed E-state index contributed by atoms with van der Waals surface area (Å²) < 4.78 is 13.2. The van der Waals surface area contributed by atoms with Crippen LogP contribution in [0.2, 0.25) is 0 Å². The van der Waals surface area contributed by atoms with Gasteiger partial charge in [-0.1, -0.05) is 18.2 Å². The molecule has 1 aliphatic rings. The molecule has 0 saturated heterocycles. The summed E-state index contributed by atoms with van der Waals surface area (Å²) in [5.74, 6) is -0.195. The first kappa shape index (κ1) is 13.7. The highest BCUT2D eigenvalue weighted by atomic mass is 19.1. The smallest absolute Gasteiger partial charge is 0.237 e. The minimum absolute atomic E-state index is 0.0635. The number of nitrogens with zero attached hydrogens (tertiary/aromatic N) is 1. The van der Waals surface area contributed by atoms with Gasteiger partial charge >= 0.3 is 0 Å². The lowest BCUT2D eigenvalue weighted by atomic mass is 10.2. The lowest BCUT2D eigenvalue weighted by Gasteiger charge is -2.22. The van der Waals surface area contributed by atoms with Crippen molar-refractivity contribution in [1.29, 1.82) is 0 Å². The summed E-state index contributed by atoms with van der Waals surface area (Å²) in [4.78, 5) is 14.0. The van der Waals surface area contributed by atoms with E-state index in [-0.39, 0.29) is 11.7 Å². The number of halogens is 1. The highest BCUT2D eigenvalue weighted by Crippen LogP contribution is 2.28. The zero-order valence-corrected chi connectivity index (χ0v) is 10.9. The summed E-state index contributed by atoms with van der Waals surface area (Å²) in [7, 11) is 0. The van der Waals surface area contributed by atoms with E-state index in [9.17, 15) is 9.18 Å². The molecule has 0 heterocycles. The van der Waals surface area contributed by atoms with Gasteiger partial charge in [-0.25, -0.2) is 4.39 Å². The molecular weight excluding hydrogens is 243 g/mol. The number of nitrogens with one attached hydrogen (secondary N) is 1. The van der Waals surface area contributed by atoms with E-state index >= 15 is 0 Å². The van der Waals surface area contributed by atoms with Crippen molar-refractivity contribution in [2.75, 3.05) is 13.1 Å². The van der Waals surface area contributed by atoms with Crippen LogP contribution in [-0.4, -0.2) is 29.9 Å². The van der Waals surface area contributed by atoms with Gasteiger partial charge in [-0.05, 0) is 30.5 Å². The number of carbonyl (C=O) groups is 1. The van der Waals surface area contributed by atoms with Crippen molar-refractivity contribution < 1.29 is 9.18 Å². The maximum absolute atomic E-state index is 13.2. The summed E-state index contributed by atoms with van der Waals surface area (Å²) in [5.41, 5.74) is 0.837. The Kier molecular flexibility index (Phi) is 4.68. The maximum atomic E-state index is 13.2. The average Bonchev–Trinajstić information content (AvgIpc) is 3.20. The van der Waals surface area contributed by atoms with Crippen molar-refractivity contribution in [2.45, 2.75) is 25.4 Å². The maximum Gasteiger partial charge on any atom is 0.237 e. The quantitative estimate of drug-likeness (QED) is 0.603. The molecule has 0 radical (unpaired) electrons. The van der Waals surface area contributed by atoms with Gasteiger partial charge in [-0.2, -0.15) is 0 Å². The van der Waals surface area contributed by atoms with Crippen molar-refractivity contribution in [3.05, 3.63) is 48.3 Å². The Bertz CT molecular complexity index is 457. The Hall–Kier alpha value is -1.68. The van der Waals surface area contributed by atoms with Crippen molar-refractivity contribution in [3.8, 4) is 0 Å². The standard InChI is InChI=1S/C15H19FN2O/c1-2-8-17-10-15(19)18(14-6-7-14)11-12-4-3-5-13(16)9-12/h2-5,9,14,17H,1,6-8,10-11H2. The van der Waals surface area contributed by atoms with Crippen molar-refractivity contribution in [2.24, 2.45) is 0 Å². The number of carbonyl (C=O) groups excluding carboxylic acids is 1. The molecule has 4 heteroatoms. The number of amides is 1. The van der Waals surface area contributed by atoms with Crippen LogP contribution >= 0.6 is 0 Å². The molecule has 0 aromatic heterocycles. The lowest BCUT2D eigenvalue weighted by molar-refractivity contribution is -0.131. The van der Waals surface area contributed by atoms with Gasteiger partial charge in [-0.15, -0.1) is 6.58 Å². The normalized spacial score (nSPS) is 14.2. The minimum atomic E-state index is -0.259. The highest BCUT2D eigenvalue weighted by Gasteiger charge is 2.32. The SMILES string of the molecule is C=CCNCC(=O)N(Cc1cccc(F)c1)C1CC1. The Balaban J connectivity index is 1.96. The molecule has 1 saturated carbocycles. The van der Waals surface area contributed by atoms with Crippen LogP contribution in [0, 0.1) is 5.82 Å². The fourth-order valence-corrected chi connectivity index (χ4v) is 2.02. The predicted molar refractivity (Wildman–Crippen MR) is 73.0 cm³/mol. The van der Waals surface area contributed by atoms with Crippen LogP contribution in [0.3, 0.4) is 0 Å². The van der Waals surface area contributed by atoms with Gasteiger partial charge in [0.05, 0.1) is 6.54 Å². The first-order valence-electron chi connectivity index (χ1n) is 6.56. The largest absolute Gasteiger partial charge is 0.334 e. The van der Waals surface area contributed by atoms with E-state index in [0.717, 1.165) is 18.4 Å². The monoisotopic (exact) mass is 262 g/mol. The summed E-state index contributed by atoms with van der Waals surface area (Å²) in [5, 5.41) is 3.01. The van der Waals surface area contributed by atoms with E-state index < -0.39 is 0 Å². The molecule has 1 fully saturated rings. The van der Waals surface area contributed by atoms with E-state index in [1.54, 1.807) is 12.1 Å². The molecule has 19 heavy (non-hydrogen) atoms. The van der Waals surface area contributed by atoms with Gasteiger partial charge in [0.25, 0.3) is 0 Å². The number of hydrogen-bond acceptors (Lipinski definition) is 2. The molecule has 102 valence electrons. The Morgan fingerprint density at radius 2 is 2.32 bits per heavy atom. The summed E-state index contributed by atoms with van der Waals surface area (Å²) in [6, 6.07) is 6.75. The van der Waals surface area contributed by atoms with E-state index in [0.29, 0.717) is 25.7 Å². The first-order chi connectivity index (χ1) is 9.20. The molecule has 0 atom stereocenters. The molecule has 3 nitrogen and oxygen atoms in total. The molecular formula is C15H19FN2O. The van der Waals surface area contributed by atoms with E-state index in [1.165, 1.54) is 12.1 Å². The van der Waals surface area contributed by atoms with Crippen LogP contribution in [0.15, 0.2) is 36.9 Å². The fourth-order valence-electron chi connectivity index (χ4n) is 2.02. The van der Waals surface area contributed by atoms with Crippen LogP contribution in [0.1, 0.15) is 18.4 Å². The third kappa shape index (κ3) is 4.17. The molecule has 0 spiro atoms. The van der Waals surface area contributed by atoms with E-state index in [2.05, 4.69) is 11.9 Å². The number of benzene rings is 1. The molecule has 2 rings (SSSR count). The molecule has 1 amide bonds. The minimum Gasteiger partial charge on any atom is -0.334 e. The molecule has 1 aromatic rings. The Labute approximate surface area is 113 Å². The molecule has 1 N–H and O–H groups in total. The lowest BCUT2D eigenvalue weighted by Crippen LogP contribution is -2.39. The fraction of sp³-hybridized carbons (Fsp3) is 0.400. The zero-order valence-electron chi connectivity index (χ0n) is 10.9. The van der Waals surface area contributed by atoms with Gasteiger partial charge < -0.3 is 10.2 Å². The molecule has 1 aliphatic carbocycles. The predicted octanol–water partition coefficient (Wildman–Crippen LogP) is 2.09. The summed E-state index contributed by atoms with van der Waals surface area (Å²) >= 11 is 0. The van der Waals surface area contributed by atoms with Crippen molar-refractivity contribution in [3.63, 3.8) is 0 Å². The van der Waals surface area contributed by atoms with E-state index in [1.807, 2.05) is 11.0 Å². The Morgan fingerprint density at radius 1 is 1.53 bits per heavy atom. The molecule has 0 aliphatic heterocycles. The second-order valence-corrected chi connectivity index (χ2v) is 4.80. The first-order valence-corrected chi connectivity index (χ1v) is 6.56. The average molecular weight is 262 g/mol. The van der Waals surface area contributed by atoms with Crippen LogP contribution in [-0.2, 0) is 11.3 Å². The second kappa shape index (κ2) is 6.48. The van der Waals surface area contributed by atoms with Crippen LogP contribution in [0.4, 0.5) is 4.39 Å². The number of rotatable bonds is 7. The van der Waals surface area contributed by atoms with Crippen molar-refractivity contribution in [1.82, 2.24) is 10.2 Å². The third-order valence-corrected chi connectivity index (χ3v) is 3.11. The van der Waals surface area contributed by atoms with Crippen LogP contribution in [0.25, 0.3) is 0 Å². The second-order valence-electron chi connectivity index (χ2n) is 4.80. The Morgan fingerprint density at radius 3 is 2.95 bits per heavy atom. The van der Waals surface area contributed by atoms with Gasteiger partial charge in [0.2, 0.25) is 5.91 Å². The van der Waals surface area contributed by atoms with Crippen LogP contribution < -0.4 is 5.32 Å². The van der Waals surface area contributed by atoms with E-state index in [4.69, 9.17) is 0 Å². The zero-order chi connectivity index (χ0) is 13.7. The van der Waals surface area contributed by atoms with Gasteiger partial charge in [0.1, 0.15) is 5.82 Å². The topological polar surface area (TPSA) is 32.3 Å². The highest BCUT2D eigenvalue weighted by molar-refractivity contribution is 5.79. The van der Waals surface area contributed by atoms with Crippen molar-refractivity contribution >= 4 is 5.91 Å². The summed E-state index contributed by atoms with van der Waals surface area (Å²) in [6.07, 6.45) is 3.81. The molecule has 0 unspecified atom stereocenters. The molecule has 1 aromatic carbocycles. The van der Waals surface area contributed by atoms with Gasteiger partial charge in [0.15, 0.2) is 0 Å². The number of hydrogen-bond donors (Lipinski definition) is 1.